The van der Waals surface area contributed by atoms with Crippen molar-refractivity contribution in [3.8, 4) is 0 Å². The van der Waals surface area contributed by atoms with Crippen LogP contribution in [0.15, 0.2) is 36.7 Å². The maximum Gasteiger partial charge on any atom is 0.354 e. The Bertz CT molecular complexity index is 671. The molecule has 0 bridgehead atoms. The lowest BCUT2D eigenvalue weighted by molar-refractivity contribution is 0.0683. The van der Waals surface area contributed by atoms with Crippen molar-refractivity contribution in [1.82, 2.24) is 15.3 Å². The van der Waals surface area contributed by atoms with E-state index >= 15 is 0 Å². The summed E-state index contributed by atoms with van der Waals surface area (Å²) in [4.78, 5) is 29.8. The average Bonchev–Trinajstić information content (AvgIpc) is 2.94. The highest BCUT2D eigenvalue weighted by Gasteiger charge is 2.30. The SMILES string of the molecule is CC(C)(C)C(NC(=O)c1nc[nH]c1C(=O)O)c1ccccc1. The number of aromatic nitrogens is 2. The molecule has 2 aromatic rings. The van der Waals surface area contributed by atoms with Crippen molar-refractivity contribution >= 4 is 11.9 Å². The standard InChI is InChI=1S/C16H19N3O3/c1-16(2,3)13(10-7-5-4-6-8-10)19-14(20)11-12(15(21)22)18-9-17-11/h4-9,13H,1-3H3,(H,17,18)(H,19,20)(H,21,22). The van der Waals surface area contributed by atoms with E-state index in [1.54, 1.807) is 0 Å². The number of hydrogen-bond acceptors (Lipinski definition) is 3. The Labute approximate surface area is 128 Å². The van der Waals surface area contributed by atoms with Crippen LogP contribution >= 0.6 is 0 Å². The molecule has 0 aliphatic carbocycles. The van der Waals surface area contributed by atoms with E-state index in [4.69, 9.17) is 5.11 Å². The van der Waals surface area contributed by atoms with Crippen LogP contribution < -0.4 is 5.32 Å². The fourth-order valence-electron chi connectivity index (χ4n) is 2.27. The van der Waals surface area contributed by atoms with E-state index in [0.717, 1.165) is 5.56 Å². The van der Waals surface area contributed by atoms with Gasteiger partial charge in [0.1, 0.15) is 0 Å². The third-order valence-electron chi connectivity index (χ3n) is 3.34. The Kier molecular flexibility index (Phi) is 4.30. The van der Waals surface area contributed by atoms with Gasteiger partial charge in [0.15, 0.2) is 11.4 Å². The molecule has 1 unspecified atom stereocenters. The van der Waals surface area contributed by atoms with Crippen molar-refractivity contribution in [2.45, 2.75) is 26.8 Å². The third-order valence-corrected chi connectivity index (χ3v) is 3.34. The lowest BCUT2D eigenvalue weighted by Crippen LogP contribution is -2.37. The van der Waals surface area contributed by atoms with Crippen molar-refractivity contribution in [3.05, 3.63) is 53.6 Å². The van der Waals surface area contributed by atoms with Crippen LogP contribution in [-0.4, -0.2) is 27.0 Å². The van der Waals surface area contributed by atoms with E-state index in [1.807, 2.05) is 51.1 Å². The molecule has 0 spiro atoms. The summed E-state index contributed by atoms with van der Waals surface area (Å²) in [7, 11) is 0. The number of hydrogen-bond donors (Lipinski definition) is 3. The van der Waals surface area contributed by atoms with Gasteiger partial charge >= 0.3 is 5.97 Å². The van der Waals surface area contributed by atoms with Crippen molar-refractivity contribution < 1.29 is 14.7 Å². The normalized spacial score (nSPS) is 12.7. The number of carboxylic acids is 1. The van der Waals surface area contributed by atoms with E-state index < -0.39 is 11.9 Å². The molecule has 0 fully saturated rings. The molecule has 1 amide bonds. The molecule has 0 saturated heterocycles. The van der Waals surface area contributed by atoms with Crippen molar-refractivity contribution in [2.24, 2.45) is 5.41 Å². The molecule has 0 aliphatic rings. The van der Waals surface area contributed by atoms with Gasteiger partial charge in [0.05, 0.1) is 12.4 Å². The highest BCUT2D eigenvalue weighted by Crippen LogP contribution is 2.32. The third kappa shape index (κ3) is 3.33. The number of rotatable bonds is 4. The summed E-state index contributed by atoms with van der Waals surface area (Å²) in [6.45, 7) is 6.02. The van der Waals surface area contributed by atoms with Gasteiger partial charge in [-0.15, -0.1) is 0 Å². The monoisotopic (exact) mass is 301 g/mol. The largest absolute Gasteiger partial charge is 0.477 e. The van der Waals surface area contributed by atoms with Gasteiger partial charge in [-0.2, -0.15) is 0 Å². The molecule has 3 N–H and O–H groups in total. The second kappa shape index (κ2) is 6.01. The van der Waals surface area contributed by atoms with E-state index in [0.29, 0.717) is 0 Å². The van der Waals surface area contributed by atoms with Gasteiger partial charge in [0, 0.05) is 0 Å². The Morgan fingerprint density at radius 1 is 1.23 bits per heavy atom. The number of imidazole rings is 1. The Balaban J connectivity index is 2.30. The van der Waals surface area contributed by atoms with Gasteiger partial charge in [0.2, 0.25) is 0 Å². The van der Waals surface area contributed by atoms with Gasteiger partial charge in [0.25, 0.3) is 5.91 Å². The van der Waals surface area contributed by atoms with Gasteiger partial charge in [-0.1, -0.05) is 51.1 Å². The number of carbonyl (C=O) groups excluding carboxylic acids is 1. The number of amides is 1. The lowest BCUT2D eigenvalue weighted by Gasteiger charge is -2.31. The van der Waals surface area contributed by atoms with E-state index in [1.165, 1.54) is 6.33 Å². The van der Waals surface area contributed by atoms with E-state index in [9.17, 15) is 9.59 Å². The molecule has 22 heavy (non-hydrogen) atoms. The zero-order valence-electron chi connectivity index (χ0n) is 12.8. The second-order valence-electron chi connectivity index (χ2n) is 6.11. The number of aromatic amines is 1. The van der Waals surface area contributed by atoms with E-state index in [-0.39, 0.29) is 22.8 Å². The second-order valence-corrected chi connectivity index (χ2v) is 6.11. The topological polar surface area (TPSA) is 95.1 Å². The summed E-state index contributed by atoms with van der Waals surface area (Å²) >= 11 is 0. The summed E-state index contributed by atoms with van der Waals surface area (Å²) in [6, 6.07) is 9.30. The lowest BCUT2D eigenvalue weighted by atomic mass is 9.82. The van der Waals surface area contributed by atoms with Crippen LogP contribution in [0.3, 0.4) is 0 Å². The smallest absolute Gasteiger partial charge is 0.354 e. The summed E-state index contributed by atoms with van der Waals surface area (Å²) in [5, 5.41) is 11.9. The number of nitrogens with one attached hydrogen (secondary N) is 2. The van der Waals surface area contributed by atoms with Gasteiger partial charge in [-0.05, 0) is 11.0 Å². The highest BCUT2D eigenvalue weighted by molar-refractivity contribution is 6.02. The number of benzene rings is 1. The van der Waals surface area contributed by atoms with E-state index in [2.05, 4.69) is 15.3 Å². The van der Waals surface area contributed by atoms with Crippen LogP contribution in [0.2, 0.25) is 0 Å². The number of aromatic carboxylic acids is 1. The molecule has 116 valence electrons. The molecule has 1 aromatic heterocycles. The molecule has 1 heterocycles. The minimum absolute atomic E-state index is 0.113. The van der Waals surface area contributed by atoms with Crippen molar-refractivity contribution in [2.75, 3.05) is 0 Å². The van der Waals surface area contributed by atoms with Crippen LogP contribution in [0.5, 0.6) is 0 Å². The maximum atomic E-state index is 12.4. The molecular formula is C16H19N3O3. The predicted octanol–water partition coefficient (Wildman–Crippen LogP) is 2.63. The fourth-order valence-corrected chi connectivity index (χ4v) is 2.27. The Morgan fingerprint density at radius 3 is 2.41 bits per heavy atom. The van der Waals surface area contributed by atoms with Gasteiger partial charge in [-0.3, -0.25) is 4.79 Å². The molecular weight excluding hydrogens is 282 g/mol. The van der Waals surface area contributed by atoms with Crippen LogP contribution in [0, 0.1) is 5.41 Å². The van der Waals surface area contributed by atoms with Gasteiger partial charge < -0.3 is 15.4 Å². The molecule has 6 nitrogen and oxygen atoms in total. The van der Waals surface area contributed by atoms with Crippen LogP contribution in [0.25, 0.3) is 0 Å². The average molecular weight is 301 g/mol. The first kappa shape index (κ1) is 15.8. The first-order chi connectivity index (χ1) is 10.3. The molecule has 1 atom stereocenters. The molecule has 0 saturated carbocycles. The summed E-state index contributed by atoms with van der Waals surface area (Å²) in [6.07, 6.45) is 1.20. The number of H-pyrrole nitrogens is 1. The summed E-state index contributed by atoms with van der Waals surface area (Å²) in [5.74, 6) is -1.72. The van der Waals surface area contributed by atoms with Crippen molar-refractivity contribution in [3.63, 3.8) is 0 Å². The number of carboxylic acid groups (broad SMARTS) is 1. The Hall–Kier alpha value is -2.63. The quantitative estimate of drug-likeness (QED) is 0.809. The Morgan fingerprint density at radius 2 is 1.86 bits per heavy atom. The minimum atomic E-state index is -1.21. The molecule has 6 heteroatoms. The van der Waals surface area contributed by atoms with Crippen LogP contribution in [0.4, 0.5) is 0 Å². The fraction of sp³-hybridized carbons (Fsp3) is 0.312. The molecule has 2 rings (SSSR count). The van der Waals surface area contributed by atoms with Crippen molar-refractivity contribution in [1.29, 1.82) is 0 Å². The first-order valence-corrected chi connectivity index (χ1v) is 6.93. The highest BCUT2D eigenvalue weighted by atomic mass is 16.4. The summed E-state index contributed by atoms with van der Waals surface area (Å²) in [5.41, 5.74) is 0.392. The van der Waals surface area contributed by atoms with Crippen LogP contribution in [0.1, 0.15) is 53.4 Å². The molecule has 0 radical (unpaired) electrons. The summed E-state index contributed by atoms with van der Waals surface area (Å²) < 4.78 is 0. The predicted molar refractivity (Wildman–Crippen MR) is 81.7 cm³/mol. The number of carbonyl (C=O) groups is 2. The molecule has 1 aromatic carbocycles. The first-order valence-electron chi connectivity index (χ1n) is 6.93. The zero-order chi connectivity index (χ0) is 16.3. The minimum Gasteiger partial charge on any atom is -0.477 e. The van der Waals surface area contributed by atoms with Crippen LogP contribution in [-0.2, 0) is 0 Å². The number of nitrogens with zero attached hydrogens (tertiary/aromatic N) is 1. The zero-order valence-corrected chi connectivity index (χ0v) is 12.8. The van der Waals surface area contributed by atoms with Gasteiger partial charge in [-0.25, -0.2) is 9.78 Å². The maximum absolute atomic E-state index is 12.4. The molecule has 0 aliphatic heterocycles.